The van der Waals surface area contributed by atoms with Crippen LogP contribution in [-0.2, 0) is 0 Å². The van der Waals surface area contributed by atoms with Gasteiger partial charge in [-0.1, -0.05) is 47.1 Å². The molecule has 0 bridgehead atoms. The number of allylic oxidation sites excluding steroid dienone is 1. The number of para-hydroxylation sites is 1. The Bertz CT molecular complexity index is 1260. The van der Waals surface area contributed by atoms with Gasteiger partial charge in [-0.05, 0) is 42.8 Å². The molecule has 33 heavy (non-hydrogen) atoms. The second-order valence-electron chi connectivity index (χ2n) is 7.41. The Balaban J connectivity index is 1.70. The first-order valence-corrected chi connectivity index (χ1v) is 11.2. The molecule has 7 heteroatoms. The van der Waals surface area contributed by atoms with Crippen molar-refractivity contribution in [1.29, 1.82) is 5.26 Å². The lowest BCUT2D eigenvalue weighted by atomic mass is 9.83. The van der Waals surface area contributed by atoms with E-state index in [1.165, 1.54) is 0 Å². The van der Waals surface area contributed by atoms with Crippen LogP contribution in [0.5, 0.6) is 17.2 Å². The standard InChI is InChI=1S/C26H21BrN2O4/c1-2-13-31-22-6-4-3-5-19(22)24-20-12-11-18(14-23(20)33-25(29)21(24)15-28)32-26(30)16-7-9-17(27)10-8-16/h3-12,14,24H,2,13,29H2,1H3. The lowest BCUT2D eigenvalue weighted by Crippen LogP contribution is -2.21. The highest BCUT2D eigenvalue weighted by atomic mass is 79.9. The number of esters is 1. The molecule has 6 nitrogen and oxygen atoms in total. The number of fused-ring (bicyclic) bond motifs is 1. The Morgan fingerprint density at radius 2 is 1.88 bits per heavy atom. The van der Waals surface area contributed by atoms with Gasteiger partial charge in [-0.15, -0.1) is 0 Å². The van der Waals surface area contributed by atoms with Crippen molar-refractivity contribution in [3.8, 4) is 23.3 Å². The van der Waals surface area contributed by atoms with Crippen molar-refractivity contribution in [3.63, 3.8) is 0 Å². The van der Waals surface area contributed by atoms with Gasteiger partial charge in [0, 0.05) is 21.7 Å². The van der Waals surface area contributed by atoms with E-state index in [1.54, 1.807) is 42.5 Å². The third kappa shape index (κ3) is 4.71. The first-order chi connectivity index (χ1) is 16.0. The van der Waals surface area contributed by atoms with Crippen LogP contribution in [0.25, 0.3) is 0 Å². The molecule has 0 spiro atoms. The minimum atomic E-state index is -0.491. The normalized spacial score (nSPS) is 14.6. The maximum Gasteiger partial charge on any atom is 0.343 e. The maximum atomic E-state index is 12.5. The van der Waals surface area contributed by atoms with Gasteiger partial charge in [0.15, 0.2) is 0 Å². The SMILES string of the molecule is CCCOc1ccccc1C1C(C#N)=C(N)Oc2cc(OC(=O)c3ccc(Br)cc3)ccc21. The number of carbonyl (C=O) groups is 1. The molecule has 0 aliphatic carbocycles. The molecule has 0 saturated heterocycles. The zero-order valence-electron chi connectivity index (χ0n) is 17.9. The molecule has 1 unspecified atom stereocenters. The van der Waals surface area contributed by atoms with Crippen molar-refractivity contribution in [1.82, 2.24) is 0 Å². The number of carbonyl (C=O) groups excluding carboxylic acids is 1. The first-order valence-electron chi connectivity index (χ1n) is 10.4. The fraction of sp³-hybridized carbons (Fsp3) is 0.154. The number of nitrogens with zero attached hydrogens (tertiary/aromatic N) is 1. The first kappa shape index (κ1) is 22.4. The van der Waals surface area contributed by atoms with Crippen LogP contribution in [0.4, 0.5) is 0 Å². The fourth-order valence-electron chi connectivity index (χ4n) is 3.63. The largest absolute Gasteiger partial charge is 0.493 e. The third-order valence-electron chi connectivity index (χ3n) is 5.17. The summed E-state index contributed by atoms with van der Waals surface area (Å²) in [5.74, 6) is 0.463. The maximum absolute atomic E-state index is 12.5. The van der Waals surface area contributed by atoms with Gasteiger partial charge in [0.2, 0.25) is 5.88 Å². The van der Waals surface area contributed by atoms with Gasteiger partial charge in [-0.25, -0.2) is 4.79 Å². The highest BCUT2D eigenvalue weighted by molar-refractivity contribution is 9.10. The summed E-state index contributed by atoms with van der Waals surface area (Å²) in [4.78, 5) is 12.5. The van der Waals surface area contributed by atoms with Crippen molar-refractivity contribution < 1.29 is 19.0 Å². The minimum absolute atomic E-state index is 0.0108. The quantitative estimate of drug-likeness (QED) is 0.343. The van der Waals surface area contributed by atoms with Crippen molar-refractivity contribution in [2.45, 2.75) is 19.3 Å². The molecule has 4 rings (SSSR count). The van der Waals surface area contributed by atoms with E-state index >= 15 is 0 Å². The van der Waals surface area contributed by atoms with E-state index in [0.717, 1.165) is 22.0 Å². The molecule has 0 radical (unpaired) electrons. The average Bonchev–Trinajstić information content (AvgIpc) is 2.82. The van der Waals surface area contributed by atoms with E-state index in [4.69, 9.17) is 19.9 Å². The van der Waals surface area contributed by atoms with Gasteiger partial charge in [-0.2, -0.15) is 5.26 Å². The van der Waals surface area contributed by atoms with E-state index in [1.807, 2.05) is 31.2 Å². The number of hydrogen-bond donors (Lipinski definition) is 1. The molecule has 0 aromatic heterocycles. The van der Waals surface area contributed by atoms with Crippen LogP contribution in [0.1, 0.15) is 40.7 Å². The molecule has 1 atom stereocenters. The van der Waals surface area contributed by atoms with Crippen LogP contribution in [0, 0.1) is 11.3 Å². The molecule has 1 aliphatic rings. The summed E-state index contributed by atoms with van der Waals surface area (Å²) in [6.07, 6.45) is 0.856. The number of nitriles is 1. The highest BCUT2D eigenvalue weighted by Gasteiger charge is 2.33. The van der Waals surface area contributed by atoms with Crippen LogP contribution in [0.3, 0.4) is 0 Å². The predicted octanol–water partition coefficient (Wildman–Crippen LogP) is 5.68. The molecule has 166 valence electrons. The number of hydrogen-bond acceptors (Lipinski definition) is 6. The average molecular weight is 505 g/mol. The number of nitrogens with two attached hydrogens (primary N) is 1. The summed E-state index contributed by atoms with van der Waals surface area (Å²) in [5.41, 5.74) is 8.39. The van der Waals surface area contributed by atoms with Gasteiger partial charge in [0.05, 0.1) is 18.1 Å². The van der Waals surface area contributed by atoms with Gasteiger partial charge in [0.1, 0.15) is 28.9 Å². The number of ether oxygens (including phenoxy) is 3. The topological polar surface area (TPSA) is 94.6 Å². The van der Waals surface area contributed by atoms with E-state index in [2.05, 4.69) is 22.0 Å². The Morgan fingerprint density at radius 1 is 1.12 bits per heavy atom. The highest BCUT2D eigenvalue weighted by Crippen LogP contribution is 2.45. The number of rotatable bonds is 6. The lowest BCUT2D eigenvalue weighted by molar-refractivity contribution is 0.0734. The summed E-state index contributed by atoms with van der Waals surface area (Å²) in [6.45, 7) is 2.58. The number of benzene rings is 3. The van der Waals surface area contributed by atoms with Gasteiger partial charge in [0.25, 0.3) is 0 Å². The van der Waals surface area contributed by atoms with E-state index < -0.39 is 11.9 Å². The molecule has 3 aromatic rings. The minimum Gasteiger partial charge on any atom is -0.493 e. The van der Waals surface area contributed by atoms with Crippen molar-refractivity contribution >= 4 is 21.9 Å². The van der Waals surface area contributed by atoms with E-state index in [9.17, 15) is 10.1 Å². The monoisotopic (exact) mass is 504 g/mol. The summed E-state index contributed by atoms with van der Waals surface area (Å²) in [5, 5.41) is 9.82. The lowest BCUT2D eigenvalue weighted by Gasteiger charge is -2.28. The Morgan fingerprint density at radius 3 is 2.61 bits per heavy atom. The van der Waals surface area contributed by atoms with Crippen LogP contribution in [0.2, 0.25) is 0 Å². The third-order valence-corrected chi connectivity index (χ3v) is 5.70. The van der Waals surface area contributed by atoms with Crippen molar-refractivity contribution in [3.05, 3.63) is 99.3 Å². The van der Waals surface area contributed by atoms with E-state index in [0.29, 0.717) is 35.0 Å². The van der Waals surface area contributed by atoms with Crippen LogP contribution < -0.4 is 19.9 Å². The summed E-state index contributed by atoms with van der Waals surface area (Å²) in [6, 6.07) is 21.7. The predicted molar refractivity (Wildman–Crippen MR) is 127 cm³/mol. The Kier molecular flexibility index (Phi) is 6.66. The second-order valence-corrected chi connectivity index (χ2v) is 8.32. The zero-order chi connectivity index (χ0) is 23.4. The molecular formula is C26H21BrN2O4. The second kappa shape index (κ2) is 9.80. The summed E-state index contributed by atoms with van der Waals surface area (Å²) in [7, 11) is 0. The van der Waals surface area contributed by atoms with Crippen molar-refractivity contribution in [2.24, 2.45) is 5.73 Å². The molecule has 1 aliphatic heterocycles. The van der Waals surface area contributed by atoms with E-state index in [-0.39, 0.29) is 5.88 Å². The Labute approximate surface area is 200 Å². The zero-order valence-corrected chi connectivity index (χ0v) is 19.5. The summed E-state index contributed by atoms with van der Waals surface area (Å²) >= 11 is 3.35. The fourth-order valence-corrected chi connectivity index (χ4v) is 3.90. The molecule has 2 N–H and O–H groups in total. The van der Waals surface area contributed by atoms with Gasteiger partial charge < -0.3 is 19.9 Å². The molecule has 0 fully saturated rings. The van der Waals surface area contributed by atoms with Crippen LogP contribution in [-0.4, -0.2) is 12.6 Å². The molecule has 0 saturated carbocycles. The van der Waals surface area contributed by atoms with Crippen LogP contribution in [0.15, 0.2) is 82.7 Å². The molecular weight excluding hydrogens is 484 g/mol. The number of halogens is 1. The van der Waals surface area contributed by atoms with Crippen LogP contribution >= 0.6 is 15.9 Å². The molecule has 1 heterocycles. The van der Waals surface area contributed by atoms with Gasteiger partial charge in [-0.3, -0.25) is 0 Å². The molecule has 3 aromatic carbocycles. The van der Waals surface area contributed by atoms with Gasteiger partial charge >= 0.3 is 5.97 Å². The Hall–Kier alpha value is -3.76. The summed E-state index contributed by atoms with van der Waals surface area (Å²) < 4.78 is 18.1. The smallest absolute Gasteiger partial charge is 0.343 e. The molecule has 0 amide bonds. The van der Waals surface area contributed by atoms with Crippen molar-refractivity contribution in [2.75, 3.05) is 6.61 Å².